The highest BCUT2D eigenvalue weighted by Gasteiger charge is 2.27. The van der Waals surface area contributed by atoms with Gasteiger partial charge < -0.3 is 24.4 Å². The number of nitrogens with zero attached hydrogens (tertiary/aromatic N) is 3. The van der Waals surface area contributed by atoms with Gasteiger partial charge in [-0.3, -0.25) is 14.7 Å². The first kappa shape index (κ1) is 24.3. The Morgan fingerprint density at radius 2 is 1.66 bits per heavy atom. The lowest BCUT2D eigenvalue weighted by Gasteiger charge is -2.40. The number of ether oxygens (including phenoxy) is 3. The van der Waals surface area contributed by atoms with Crippen molar-refractivity contribution in [2.45, 2.75) is 6.04 Å². The van der Waals surface area contributed by atoms with E-state index < -0.39 is 0 Å². The number of aromatic nitrogens is 1. The van der Waals surface area contributed by atoms with E-state index in [1.165, 1.54) is 0 Å². The van der Waals surface area contributed by atoms with Crippen LogP contribution >= 0.6 is 0 Å². The standard InChI is InChI=1S/C27H32N4O4/c1-33-24-9-5-4-8-22(24)30-13-15-31(16-14-30)23(21-7-6-12-28-18-21)19-29-27(32)20-10-11-25(34-2)26(17-20)35-3/h4-12,17-18,23H,13-16,19H2,1-3H3,(H,29,32)/t23-/m1/s1. The van der Waals surface area contributed by atoms with Crippen LogP contribution in [0.25, 0.3) is 0 Å². The molecule has 1 atom stereocenters. The Balaban J connectivity index is 1.46. The van der Waals surface area contributed by atoms with Gasteiger partial charge in [0.25, 0.3) is 5.91 Å². The van der Waals surface area contributed by atoms with Gasteiger partial charge in [0, 0.05) is 50.7 Å². The van der Waals surface area contributed by atoms with Gasteiger partial charge in [0.2, 0.25) is 0 Å². The molecule has 1 fully saturated rings. The van der Waals surface area contributed by atoms with Crippen molar-refractivity contribution < 1.29 is 19.0 Å². The number of nitrogens with one attached hydrogen (secondary N) is 1. The van der Waals surface area contributed by atoms with Gasteiger partial charge in [0.1, 0.15) is 5.75 Å². The summed E-state index contributed by atoms with van der Waals surface area (Å²) in [6, 6.07) is 17.3. The quantitative estimate of drug-likeness (QED) is 0.507. The number of amides is 1. The Kier molecular flexibility index (Phi) is 8.05. The van der Waals surface area contributed by atoms with E-state index in [9.17, 15) is 4.79 Å². The molecule has 1 amide bonds. The highest BCUT2D eigenvalue weighted by molar-refractivity contribution is 5.94. The van der Waals surface area contributed by atoms with E-state index in [0.717, 1.165) is 43.2 Å². The zero-order valence-corrected chi connectivity index (χ0v) is 20.4. The number of benzene rings is 2. The van der Waals surface area contributed by atoms with E-state index in [4.69, 9.17) is 14.2 Å². The molecule has 8 nitrogen and oxygen atoms in total. The predicted molar refractivity (Wildman–Crippen MR) is 136 cm³/mol. The monoisotopic (exact) mass is 476 g/mol. The summed E-state index contributed by atoms with van der Waals surface area (Å²) >= 11 is 0. The van der Waals surface area contributed by atoms with Crippen LogP contribution < -0.4 is 24.4 Å². The molecule has 1 N–H and O–H groups in total. The van der Waals surface area contributed by atoms with Gasteiger partial charge in [0.05, 0.1) is 33.1 Å². The van der Waals surface area contributed by atoms with E-state index in [1.807, 2.05) is 30.5 Å². The number of hydrogen-bond donors (Lipinski definition) is 1. The minimum Gasteiger partial charge on any atom is -0.495 e. The Hall–Kier alpha value is -3.78. The van der Waals surface area contributed by atoms with E-state index in [-0.39, 0.29) is 11.9 Å². The molecule has 0 aliphatic carbocycles. The Morgan fingerprint density at radius 1 is 0.914 bits per heavy atom. The SMILES string of the molecule is COc1ccc(C(=O)NC[C@H](c2cccnc2)N2CCN(c3ccccc3OC)CC2)cc1OC. The second-order valence-corrected chi connectivity index (χ2v) is 8.28. The molecule has 0 spiro atoms. The van der Waals surface area contributed by atoms with Crippen LogP contribution in [0.5, 0.6) is 17.2 Å². The van der Waals surface area contributed by atoms with Crippen molar-refractivity contribution in [3.8, 4) is 17.2 Å². The Labute approximate surface area is 206 Å². The fraction of sp³-hybridized carbons (Fsp3) is 0.333. The first-order valence-electron chi connectivity index (χ1n) is 11.7. The van der Waals surface area contributed by atoms with Gasteiger partial charge in [-0.2, -0.15) is 0 Å². The zero-order valence-electron chi connectivity index (χ0n) is 20.4. The van der Waals surface area contributed by atoms with Gasteiger partial charge in [-0.05, 0) is 42.0 Å². The number of rotatable bonds is 9. The largest absolute Gasteiger partial charge is 0.495 e. The molecule has 0 unspecified atom stereocenters. The third-order valence-electron chi connectivity index (χ3n) is 6.35. The molecule has 1 aliphatic rings. The zero-order chi connectivity index (χ0) is 24.6. The Bertz CT molecular complexity index is 1120. The van der Waals surface area contributed by atoms with Crippen molar-refractivity contribution in [1.82, 2.24) is 15.2 Å². The van der Waals surface area contributed by atoms with Crippen molar-refractivity contribution in [3.63, 3.8) is 0 Å². The highest BCUT2D eigenvalue weighted by atomic mass is 16.5. The van der Waals surface area contributed by atoms with Crippen LogP contribution in [0.4, 0.5) is 5.69 Å². The summed E-state index contributed by atoms with van der Waals surface area (Å²) in [6.07, 6.45) is 3.64. The molecule has 184 valence electrons. The van der Waals surface area contributed by atoms with E-state index in [2.05, 4.69) is 32.2 Å². The molecule has 0 saturated carbocycles. The molecule has 8 heteroatoms. The molecule has 0 bridgehead atoms. The lowest BCUT2D eigenvalue weighted by Crippen LogP contribution is -2.50. The summed E-state index contributed by atoms with van der Waals surface area (Å²) in [5.41, 5.74) is 2.70. The van der Waals surface area contributed by atoms with Crippen molar-refractivity contribution in [2.75, 3.05) is 59.0 Å². The number of carbonyl (C=O) groups excluding carboxylic acids is 1. The molecule has 1 saturated heterocycles. The number of methoxy groups -OCH3 is 3. The lowest BCUT2D eigenvalue weighted by atomic mass is 10.1. The average Bonchev–Trinajstić information content (AvgIpc) is 2.93. The summed E-state index contributed by atoms with van der Waals surface area (Å²) < 4.78 is 16.2. The number of hydrogen-bond acceptors (Lipinski definition) is 7. The molecule has 2 aromatic carbocycles. The molecule has 35 heavy (non-hydrogen) atoms. The maximum atomic E-state index is 13.0. The third-order valence-corrected chi connectivity index (χ3v) is 6.35. The topological polar surface area (TPSA) is 76.2 Å². The number of anilines is 1. The van der Waals surface area contributed by atoms with Crippen LogP contribution in [0, 0.1) is 0 Å². The molecule has 4 rings (SSSR count). The van der Waals surface area contributed by atoms with Crippen molar-refractivity contribution >= 4 is 11.6 Å². The van der Waals surface area contributed by atoms with Crippen LogP contribution in [-0.4, -0.2) is 69.8 Å². The summed E-state index contributed by atoms with van der Waals surface area (Å²) in [4.78, 5) is 22.0. The molecular weight excluding hydrogens is 444 g/mol. The number of carbonyl (C=O) groups is 1. The molecule has 3 aromatic rings. The lowest BCUT2D eigenvalue weighted by molar-refractivity contribution is 0.0929. The number of piperazine rings is 1. The minimum absolute atomic E-state index is 0.00705. The fourth-order valence-corrected chi connectivity index (χ4v) is 4.47. The maximum absolute atomic E-state index is 13.0. The summed E-state index contributed by atoms with van der Waals surface area (Å²) in [7, 11) is 4.83. The first-order valence-corrected chi connectivity index (χ1v) is 11.7. The fourth-order valence-electron chi connectivity index (χ4n) is 4.47. The van der Waals surface area contributed by atoms with Gasteiger partial charge in [0.15, 0.2) is 11.5 Å². The normalized spacial score (nSPS) is 14.8. The van der Waals surface area contributed by atoms with Gasteiger partial charge in [-0.25, -0.2) is 0 Å². The summed E-state index contributed by atoms with van der Waals surface area (Å²) in [5, 5.41) is 3.11. The molecule has 1 aromatic heterocycles. The number of pyridine rings is 1. The summed E-state index contributed by atoms with van der Waals surface area (Å²) in [5.74, 6) is 1.83. The van der Waals surface area contributed by atoms with E-state index >= 15 is 0 Å². The van der Waals surface area contributed by atoms with Gasteiger partial charge in [-0.1, -0.05) is 18.2 Å². The highest BCUT2D eigenvalue weighted by Crippen LogP contribution is 2.30. The van der Waals surface area contributed by atoms with E-state index in [1.54, 1.807) is 45.7 Å². The molecular formula is C27H32N4O4. The van der Waals surface area contributed by atoms with Crippen molar-refractivity contribution in [2.24, 2.45) is 0 Å². The van der Waals surface area contributed by atoms with Crippen LogP contribution in [0.2, 0.25) is 0 Å². The Morgan fingerprint density at radius 3 is 2.34 bits per heavy atom. The second-order valence-electron chi connectivity index (χ2n) is 8.28. The maximum Gasteiger partial charge on any atom is 0.251 e. The van der Waals surface area contributed by atoms with Crippen LogP contribution in [-0.2, 0) is 0 Å². The van der Waals surface area contributed by atoms with Crippen LogP contribution in [0.15, 0.2) is 67.0 Å². The third kappa shape index (κ3) is 5.66. The van der Waals surface area contributed by atoms with Gasteiger partial charge in [-0.15, -0.1) is 0 Å². The molecule has 2 heterocycles. The first-order chi connectivity index (χ1) is 17.1. The van der Waals surface area contributed by atoms with Crippen LogP contribution in [0.1, 0.15) is 22.0 Å². The average molecular weight is 477 g/mol. The second kappa shape index (κ2) is 11.6. The summed E-state index contributed by atoms with van der Waals surface area (Å²) in [6.45, 7) is 3.89. The van der Waals surface area contributed by atoms with Crippen molar-refractivity contribution in [3.05, 3.63) is 78.1 Å². The van der Waals surface area contributed by atoms with Crippen LogP contribution in [0.3, 0.4) is 0 Å². The smallest absolute Gasteiger partial charge is 0.251 e. The minimum atomic E-state index is -0.160. The van der Waals surface area contributed by atoms with E-state index in [0.29, 0.717) is 23.6 Å². The predicted octanol–water partition coefficient (Wildman–Crippen LogP) is 3.40. The van der Waals surface area contributed by atoms with Gasteiger partial charge >= 0.3 is 0 Å². The molecule has 0 radical (unpaired) electrons. The van der Waals surface area contributed by atoms with Crippen molar-refractivity contribution in [1.29, 1.82) is 0 Å². The molecule has 1 aliphatic heterocycles. The number of para-hydroxylation sites is 2.